The molecule has 0 spiro atoms. The topological polar surface area (TPSA) is 38.0 Å². The lowest BCUT2D eigenvalue weighted by molar-refractivity contribution is 0.228. The molecule has 1 N–H and O–H groups in total. The normalized spacial score (nSPS) is 13.5. The zero-order chi connectivity index (χ0) is 7.56. The van der Waals surface area contributed by atoms with Crippen molar-refractivity contribution in [2.24, 2.45) is 0 Å². The van der Waals surface area contributed by atoms with Crippen LogP contribution in [0.2, 0.25) is 0 Å². The summed E-state index contributed by atoms with van der Waals surface area (Å²) in [6, 6.07) is 2.02. The zero-order valence-corrected chi connectivity index (χ0v) is 6.28. The largest absolute Gasteiger partial charge is 0.394 e. The van der Waals surface area contributed by atoms with Crippen LogP contribution in [0.5, 0.6) is 0 Å². The molecule has 0 saturated heterocycles. The number of aliphatic hydroxyl groups is 1. The van der Waals surface area contributed by atoms with Crippen LogP contribution in [-0.2, 0) is 0 Å². The van der Waals surface area contributed by atoms with Gasteiger partial charge in [-0.3, -0.25) is 4.68 Å². The second kappa shape index (κ2) is 2.84. The Morgan fingerprint density at radius 3 is 2.90 bits per heavy atom. The van der Waals surface area contributed by atoms with E-state index >= 15 is 0 Å². The van der Waals surface area contributed by atoms with Crippen molar-refractivity contribution < 1.29 is 5.11 Å². The Labute approximate surface area is 60.3 Å². The molecular formula is C7H12N2O. The number of hydrogen-bond donors (Lipinski definition) is 1. The summed E-state index contributed by atoms with van der Waals surface area (Å²) in [5.74, 6) is 0. The van der Waals surface area contributed by atoms with E-state index in [2.05, 4.69) is 5.10 Å². The van der Waals surface area contributed by atoms with Gasteiger partial charge in [-0.15, -0.1) is 0 Å². The molecule has 0 aliphatic heterocycles. The maximum Gasteiger partial charge on any atom is 0.0724 e. The minimum absolute atomic E-state index is 0.0926. The van der Waals surface area contributed by atoms with Gasteiger partial charge in [0.1, 0.15) is 0 Å². The van der Waals surface area contributed by atoms with Crippen LogP contribution in [0, 0.1) is 6.92 Å². The van der Waals surface area contributed by atoms with Gasteiger partial charge in [-0.2, -0.15) is 5.10 Å². The Hall–Kier alpha value is -0.830. The van der Waals surface area contributed by atoms with Gasteiger partial charge in [0, 0.05) is 11.9 Å². The highest BCUT2D eigenvalue weighted by Crippen LogP contribution is 2.05. The molecule has 1 heterocycles. The number of aryl methyl sites for hydroxylation is 1. The Morgan fingerprint density at radius 2 is 2.50 bits per heavy atom. The Morgan fingerprint density at radius 1 is 1.80 bits per heavy atom. The van der Waals surface area contributed by atoms with Crippen LogP contribution >= 0.6 is 0 Å². The Kier molecular flexibility index (Phi) is 2.06. The predicted molar refractivity (Wildman–Crippen MR) is 38.8 cm³/mol. The Bertz CT molecular complexity index is 207. The summed E-state index contributed by atoms with van der Waals surface area (Å²) in [6.07, 6.45) is 1.74. The SMILES string of the molecule is Cc1ccnn1[C@H](C)CO. The summed E-state index contributed by atoms with van der Waals surface area (Å²) in [5, 5.41) is 12.8. The van der Waals surface area contributed by atoms with Gasteiger partial charge in [0.05, 0.1) is 12.6 Å². The highest BCUT2D eigenvalue weighted by molar-refractivity contribution is 4.97. The summed E-state index contributed by atoms with van der Waals surface area (Å²) in [7, 11) is 0. The molecular weight excluding hydrogens is 128 g/mol. The van der Waals surface area contributed by atoms with Crippen LogP contribution in [0.25, 0.3) is 0 Å². The molecule has 0 bridgehead atoms. The molecule has 3 nitrogen and oxygen atoms in total. The second-order valence-electron chi connectivity index (χ2n) is 2.45. The quantitative estimate of drug-likeness (QED) is 0.658. The minimum Gasteiger partial charge on any atom is -0.394 e. The van der Waals surface area contributed by atoms with Gasteiger partial charge in [0.2, 0.25) is 0 Å². The minimum atomic E-state index is 0.0926. The first-order valence-electron chi connectivity index (χ1n) is 3.36. The van der Waals surface area contributed by atoms with Crippen LogP contribution in [0.15, 0.2) is 12.3 Å². The molecule has 56 valence electrons. The number of rotatable bonds is 2. The van der Waals surface area contributed by atoms with Crippen LogP contribution in [0.1, 0.15) is 18.7 Å². The maximum atomic E-state index is 8.77. The van der Waals surface area contributed by atoms with E-state index in [-0.39, 0.29) is 12.6 Å². The molecule has 0 fully saturated rings. The van der Waals surface area contributed by atoms with E-state index in [1.807, 2.05) is 19.9 Å². The van der Waals surface area contributed by atoms with Crippen molar-refractivity contribution in [3.05, 3.63) is 18.0 Å². The monoisotopic (exact) mass is 140 g/mol. The first kappa shape index (κ1) is 7.28. The number of aromatic nitrogens is 2. The van der Waals surface area contributed by atoms with E-state index in [0.29, 0.717) is 0 Å². The fourth-order valence-corrected chi connectivity index (χ4v) is 0.919. The molecule has 3 heteroatoms. The first-order valence-corrected chi connectivity index (χ1v) is 3.36. The zero-order valence-electron chi connectivity index (χ0n) is 6.28. The molecule has 0 saturated carbocycles. The number of hydrogen-bond acceptors (Lipinski definition) is 2. The van der Waals surface area contributed by atoms with Crippen molar-refractivity contribution in [2.45, 2.75) is 19.9 Å². The van der Waals surface area contributed by atoms with Gasteiger partial charge in [-0.1, -0.05) is 0 Å². The average Bonchev–Trinajstić information content (AvgIpc) is 2.34. The maximum absolute atomic E-state index is 8.77. The van der Waals surface area contributed by atoms with E-state index < -0.39 is 0 Å². The molecule has 10 heavy (non-hydrogen) atoms. The summed E-state index contributed by atoms with van der Waals surface area (Å²) in [4.78, 5) is 0. The van der Waals surface area contributed by atoms with E-state index in [1.54, 1.807) is 10.9 Å². The molecule has 0 aromatic carbocycles. The van der Waals surface area contributed by atoms with Gasteiger partial charge in [-0.05, 0) is 19.9 Å². The number of aliphatic hydroxyl groups excluding tert-OH is 1. The lowest BCUT2D eigenvalue weighted by Gasteiger charge is -2.09. The molecule has 0 unspecified atom stereocenters. The molecule has 1 aromatic rings. The standard InChI is InChI=1S/C7H12N2O/c1-6-3-4-8-9(6)7(2)5-10/h3-4,7,10H,5H2,1-2H3/t7-/m1/s1. The third-order valence-electron chi connectivity index (χ3n) is 1.55. The molecule has 0 radical (unpaired) electrons. The molecule has 0 amide bonds. The third kappa shape index (κ3) is 1.19. The fourth-order valence-electron chi connectivity index (χ4n) is 0.919. The van der Waals surface area contributed by atoms with Crippen LogP contribution in [-0.4, -0.2) is 21.5 Å². The molecule has 1 aromatic heterocycles. The van der Waals surface area contributed by atoms with Gasteiger partial charge >= 0.3 is 0 Å². The predicted octanol–water partition coefficient (Wildman–Crippen LogP) is 0.745. The van der Waals surface area contributed by atoms with Crippen molar-refractivity contribution in [1.82, 2.24) is 9.78 Å². The summed E-state index contributed by atoms with van der Waals surface area (Å²) < 4.78 is 1.81. The molecule has 1 rings (SSSR count). The molecule has 0 aliphatic rings. The van der Waals surface area contributed by atoms with Gasteiger partial charge < -0.3 is 5.11 Å². The molecule has 1 atom stereocenters. The van der Waals surface area contributed by atoms with E-state index in [4.69, 9.17) is 5.11 Å². The summed E-state index contributed by atoms with van der Waals surface area (Å²) in [5.41, 5.74) is 1.08. The summed E-state index contributed by atoms with van der Waals surface area (Å²) >= 11 is 0. The van der Waals surface area contributed by atoms with E-state index in [1.165, 1.54) is 0 Å². The van der Waals surface area contributed by atoms with Crippen LogP contribution in [0.4, 0.5) is 0 Å². The van der Waals surface area contributed by atoms with Gasteiger partial charge in [-0.25, -0.2) is 0 Å². The van der Waals surface area contributed by atoms with Crippen LogP contribution < -0.4 is 0 Å². The van der Waals surface area contributed by atoms with Crippen molar-refractivity contribution in [2.75, 3.05) is 6.61 Å². The highest BCUT2D eigenvalue weighted by Gasteiger charge is 2.03. The lowest BCUT2D eigenvalue weighted by Crippen LogP contribution is -2.11. The first-order chi connectivity index (χ1) is 4.75. The van der Waals surface area contributed by atoms with Crippen LogP contribution in [0.3, 0.4) is 0 Å². The lowest BCUT2D eigenvalue weighted by atomic mass is 10.3. The van der Waals surface area contributed by atoms with E-state index in [0.717, 1.165) is 5.69 Å². The van der Waals surface area contributed by atoms with Gasteiger partial charge in [0.25, 0.3) is 0 Å². The molecule has 0 aliphatic carbocycles. The third-order valence-corrected chi connectivity index (χ3v) is 1.55. The number of nitrogens with zero attached hydrogens (tertiary/aromatic N) is 2. The summed E-state index contributed by atoms with van der Waals surface area (Å²) in [6.45, 7) is 4.04. The smallest absolute Gasteiger partial charge is 0.0724 e. The van der Waals surface area contributed by atoms with E-state index in [9.17, 15) is 0 Å². The Balaban J connectivity index is 2.82. The van der Waals surface area contributed by atoms with Crippen molar-refractivity contribution in [3.8, 4) is 0 Å². The highest BCUT2D eigenvalue weighted by atomic mass is 16.3. The van der Waals surface area contributed by atoms with Crippen molar-refractivity contribution >= 4 is 0 Å². The average molecular weight is 140 g/mol. The second-order valence-corrected chi connectivity index (χ2v) is 2.45. The van der Waals surface area contributed by atoms with Crippen molar-refractivity contribution in [1.29, 1.82) is 0 Å². The van der Waals surface area contributed by atoms with Gasteiger partial charge in [0.15, 0.2) is 0 Å². The van der Waals surface area contributed by atoms with Crippen molar-refractivity contribution in [3.63, 3.8) is 0 Å². The fraction of sp³-hybridized carbons (Fsp3) is 0.571.